The van der Waals surface area contributed by atoms with Crippen LogP contribution in [0.25, 0.3) is 10.8 Å². The summed E-state index contributed by atoms with van der Waals surface area (Å²) < 4.78 is 6.53. The summed E-state index contributed by atoms with van der Waals surface area (Å²) in [5.74, 6) is -3.04. The first-order chi connectivity index (χ1) is 13.6. The minimum absolute atomic E-state index is 0.224. The summed E-state index contributed by atoms with van der Waals surface area (Å²) in [4.78, 5) is 48.8. The Morgan fingerprint density at radius 1 is 1.07 bits per heavy atom. The lowest BCUT2D eigenvalue weighted by Crippen LogP contribution is -2.42. The standard InChI is InChI=1S/C19H17N3O7/c1-21-16(20)14(17(26)22(2)19(21)28)13(24)8-29-18(27)11-7-12(23)9-5-3-4-6-10(9)15(11)25/h3-7,23,25H,8,20H2,1-2H3. The second kappa shape index (κ2) is 7.15. The predicted molar refractivity (Wildman–Crippen MR) is 103 cm³/mol. The topological polar surface area (TPSA) is 154 Å². The highest BCUT2D eigenvalue weighted by Gasteiger charge is 2.23. The maximum Gasteiger partial charge on any atom is 0.342 e. The van der Waals surface area contributed by atoms with Gasteiger partial charge in [0.1, 0.15) is 28.4 Å². The molecule has 0 saturated carbocycles. The Kier molecular flexibility index (Phi) is 4.85. The van der Waals surface area contributed by atoms with Gasteiger partial charge in [0, 0.05) is 24.9 Å². The highest BCUT2D eigenvalue weighted by atomic mass is 16.5. The first-order valence-electron chi connectivity index (χ1n) is 8.34. The van der Waals surface area contributed by atoms with Crippen molar-refractivity contribution in [2.45, 2.75) is 0 Å². The summed E-state index contributed by atoms with van der Waals surface area (Å²) in [6.45, 7) is -0.858. The fourth-order valence-corrected chi connectivity index (χ4v) is 2.90. The predicted octanol–water partition coefficient (Wildman–Crippen LogP) is 0.270. The molecule has 0 aliphatic rings. The van der Waals surface area contributed by atoms with Gasteiger partial charge in [0.05, 0.1) is 0 Å². The quantitative estimate of drug-likeness (QED) is 0.321. The van der Waals surface area contributed by atoms with Crippen molar-refractivity contribution in [1.29, 1.82) is 0 Å². The summed E-state index contributed by atoms with van der Waals surface area (Å²) in [6.07, 6.45) is 0. The number of hydrogen-bond donors (Lipinski definition) is 3. The molecule has 0 aliphatic carbocycles. The van der Waals surface area contributed by atoms with E-state index < -0.39 is 40.9 Å². The lowest BCUT2D eigenvalue weighted by Gasteiger charge is -2.12. The number of rotatable bonds is 4. The summed E-state index contributed by atoms with van der Waals surface area (Å²) in [7, 11) is 2.47. The van der Waals surface area contributed by atoms with Gasteiger partial charge in [-0.05, 0) is 6.07 Å². The monoisotopic (exact) mass is 399 g/mol. The Morgan fingerprint density at radius 3 is 2.34 bits per heavy atom. The second-order valence-electron chi connectivity index (χ2n) is 6.30. The first kappa shape index (κ1) is 19.7. The molecule has 0 atom stereocenters. The third kappa shape index (κ3) is 3.20. The van der Waals surface area contributed by atoms with Crippen molar-refractivity contribution in [3.8, 4) is 11.5 Å². The molecule has 10 nitrogen and oxygen atoms in total. The number of esters is 1. The Bertz CT molecular complexity index is 1290. The molecule has 0 bridgehead atoms. The third-order valence-corrected chi connectivity index (χ3v) is 4.54. The zero-order valence-corrected chi connectivity index (χ0v) is 15.5. The molecule has 0 radical (unpaired) electrons. The number of phenolic OH excluding ortho intramolecular Hbond substituents is 2. The van der Waals surface area contributed by atoms with Crippen LogP contribution in [0.4, 0.5) is 5.82 Å². The van der Waals surface area contributed by atoms with Gasteiger partial charge < -0.3 is 20.7 Å². The largest absolute Gasteiger partial charge is 0.507 e. The van der Waals surface area contributed by atoms with Gasteiger partial charge in [-0.2, -0.15) is 0 Å². The number of Topliss-reactive ketones (excluding diaryl/α,β-unsaturated/α-hetero) is 1. The van der Waals surface area contributed by atoms with Crippen molar-refractivity contribution >= 4 is 28.3 Å². The number of nitrogens with zero attached hydrogens (tertiary/aromatic N) is 2. The minimum atomic E-state index is -1.09. The highest BCUT2D eigenvalue weighted by molar-refractivity contribution is 6.05. The van der Waals surface area contributed by atoms with Crippen molar-refractivity contribution < 1.29 is 24.5 Å². The van der Waals surface area contributed by atoms with E-state index in [2.05, 4.69) is 0 Å². The van der Waals surface area contributed by atoms with Crippen LogP contribution in [0.5, 0.6) is 11.5 Å². The van der Waals surface area contributed by atoms with Crippen molar-refractivity contribution in [2.75, 3.05) is 12.3 Å². The molecule has 0 fully saturated rings. The number of phenols is 2. The van der Waals surface area contributed by atoms with Gasteiger partial charge in [0.25, 0.3) is 5.56 Å². The molecule has 2 aromatic carbocycles. The Morgan fingerprint density at radius 2 is 1.69 bits per heavy atom. The maximum absolute atomic E-state index is 12.4. The molecular formula is C19H17N3O7. The molecule has 3 aromatic rings. The van der Waals surface area contributed by atoms with E-state index in [1.165, 1.54) is 20.2 Å². The van der Waals surface area contributed by atoms with Gasteiger partial charge in [0.15, 0.2) is 6.61 Å². The molecule has 3 rings (SSSR count). The van der Waals surface area contributed by atoms with Crippen molar-refractivity contribution in [2.24, 2.45) is 14.1 Å². The van der Waals surface area contributed by atoms with Crippen LogP contribution in [0.15, 0.2) is 39.9 Å². The lowest BCUT2D eigenvalue weighted by atomic mass is 10.0. The molecule has 0 unspecified atom stereocenters. The SMILES string of the molecule is Cn1c(N)c(C(=O)COC(=O)c2cc(O)c3ccccc3c2O)c(=O)n(C)c1=O. The molecule has 10 heteroatoms. The van der Waals surface area contributed by atoms with E-state index in [4.69, 9.17) is 10.5 Å². The molecule has 1 heterocycles. The van der Waals surface area contributed by atoms with Crippen molar-refractivity contribution in [3.63, 3.8) is 0 Å². The number of fused-ring (bicyclic) bond motifs is 1. The number of carbonyl (C=O) groups excluding carboxylic acids is 2. The van der Waals surface area contributed by atoms with Crippen LogP contribution < -0.4 is 17.0 Å². The van der Waals surface area contributed by atoms with Gasteiger partial charge in [-0.15, -0.1) is 0 Å². The lowest BCUT2D eigenvalue weighted by molar-refractivity contribution is 0.0471. The summed E-state index contributed by atoms with van der Waals surface area (Å²) in [6, 6.07) is 7.33. The zero-order valence-electron chi connectivity index (χ0n) is 15.5. The number of aromatic nitrogens is 2. The van der Waals surface area contributed by atoms with Crippen LogP contribution in [0.3, 0.4) is 0 Å². The van der Waals surface area contributed by atoms with Crippen LogP contribution in [-0.2, 0) is 18.8 Å². The van der Waals surface area contributed by atoms with Crippen LogP contribution >= 0.6 is 0 Å². The zero-order chi connectivity index (χ0) is 21.5. The molecule has 0 aliphatic heterocycles. The number of hydrogen-bond acceptors (Lipinski definition) is 8. The number of ether oxygens (including phenoxy) is 1. The van der Waals surface area contributed by atoms with E-state index >= 15 is 0 Å². The average molecular weight is 399 g/mol. The Labute approximate surface area is 163 Å². The fourth-order valence-electron chi connectivity index (χ4n) is 2.90. The van der Waals surface area contributed by atoms with Gasteiger partial charge >= 0.3 is 11.7 Å². The molecule has 4 N–H and O–H groups in total. The molecule has 0 amide bonds. The van der Waals surface area contributed by atoms with E-state index in [0.29, 0.717) is 9.95 Å². The van der Waals surface area contributed by atoms with Gasteiger partial charge in [-0.1, -0.05) is 24.3 Å². The Hall–Kier alpha value is -4.08. The summed E-state index contributed by atoms with van der Waals surface area (Å²) in [5.41, 5.74) is 3.22. The molecular weight excluding hydrogens is 382 g/mol. The van der Waals surface area contributed by atoms with Crippen LogP contribution in [0, 0.1) is 0 Å². The first-order valence-corrected chi connectivity index (χ1v) is 8.34. The maximum atomic E-state index is 12.4. The molecule has 1 aromatic heterocycles. The van der Waals surface area contributed by atoms with Gasteiger partial charge in [-0.25, -0.2) is 9.59 Å². The minimum Gasteiger partial charge on any atom is -0.507 e. The van der Waals surface area contributed by atoms with E-state index in [9.17, 15) is 29.4 Å². The van der Waals surface area contributed by atoms with Gasteiger partial charge in [-0.3, -0.25) is 18.7 Å². The van der Waals surface area contributed by atoms with E-state index in [1.54, 1.807) is 18.2 Å². The number of benzene rings is 2. The van der Waals surface area contributed by atoms with Crippen molar-refractivity contribution in [1.82, 2.24) is 9.13 Å². The van der Waals surface area contributed by atoms with E-state index in [1.807, 2.05) is 0 Å². The van der Waals surface area contributed by atoms with Crippen LogP contribution in [0.1, 0.15) is 20.7 Å². The number of carbonyl (C=O) groups is 2. The molecule has 29 heavy (non-hydrogen) atoms. The van der Waals surface area contributed by atoms with E-state index in [-0.39, 0.29) is 22.5 Å². The van der Waals surface area contributed by atoms with Crippen molar-refractivity contribution in [3.05, 3.63) is 62.3 Å². The number of nitrogen functional groups attached to an aromatic ring is 1. The van der Waals surface area contributed by atoms with Crippen LogP contribution in [-0.4, -0.2) is 37.7 Å². The smallest absolute Gasteiger partial charge is 0.342 e. The number of nitrogens with two attached hydrogens (primary N) is 1. The number of aromatic hydroxyl groups is 2. The molecule has 0 spiro atoms. The highest BCUT2D eigenvalue weighted by Crippen LogP contribution is 2.35. The second-order valence-corrected chi connectivity index (χ2v) is 6.30. The fraction of sp³-hybridized carbons (Fsp3) is 0.158. The Balaban J connectivity index is 1.90. The average Bonchev–Trinajstić information content (AvgIpc) is 2.71. The van der Waals surface area contributed by atoms with Crippen LogP contribution in [0.2, 0.25) is 0 Å². The molecule has 150 valence electrons. The van der Waals surface area contributed by atoms with Gasteiger partial charge in [0.2, 0.25) is 5.78 Å². The normalized spacial score (nSPS) is 10.8. The summed E-state index contributed by atoms with van der Waals surface area (Å²) >= 11 is 0. The van der Waals surface area contributed by atoms with E-state index in [0.717, 1.165) is 10.6 Å². The third-order valence-electron chi connectivity index (χ3n) is 4.54. The summed E-state index contributed by atoms with van der Waals surface area (Å²) in [5, 5.41) is 20.9. The molecule has 0 saturated heterocycles. The number of ketones is 1. The number of anilines is 1.